The Morgan fingerprint density at radius 1 is 0.973 bits per heavy atom. The molecule has 0 radical (unpaired) electrons. The van der Waals surface area contributed by atoms with E-state index < -0.39 is 18.0 Å². The van der Waals surface area contributed by atoms with E-state index in [1.54, 1.807) is 0 Å². The number of benzene rings is 2. The summed E-state index contributed by atoms with van der Waals surface area (Å²) in [6, 6.07) is 17.5. The number of carboxylic acids is 2. The number of carbonyl (C=O) groups is 3. The second kappa shape index (κ2) is 22.1. The van der Waals surface area contributed by atoms with Crippen molar-refractivity contribution in [2.75, 3.05) is 20.3 Å². The van der Waals surface area contributed by atoms with Gasteiger partial charge in [-0.3, -0.25) is 9.59 Å². The number of hydrogen-bond donors (Lipinski definition) is 5. The van der Waals surface area contributed by atoms with Crippen molar-refractivity contribution in [3.05, 3.63) is 60.2 Å². The summed E-state index contributed by atoms with van der Waals surface area (Å²) in [7, 11) is 1.34. The molecule has 0 heterocycles. The fourth-order valence-electron chi connectivity index (χ4n) is 3.27. The summed E-state index contributed by atoms with van der Waals surface area (Å²) in [5.74, 6) is -1.87. The molecule has 37 heavy (non-hydrogen) atoms. The van der Waals surface area contributed by atoms with Crippen LogP contribution in [-0.2, 0) is 14.3 Å². The molecule has 1 fully saturated rings. The maximum absolute atomic E-state index is 10.5. The topological polar surface area (TPSA) is 179 Å². The normalized spacial score (nSPS) is 13.3. The number of unbranched alkanes of at least 4 members (excludes halogenated alkanes) is 1. The highest BCUT2D eigenvalue weighted by molar-refractivity contribution is 5.76. The van der Waals surface area contributed by atoms with Gasteiger partial charge < -0.3 is 32.2 Å². The van der Waals surface area contributed by atoms with Crippen LogP contribution in [-0.4, -0.2) is 60.8 Å². The van der Waals surface area contributed by atoms with E-state index in [2.05, 4.69) is 16.9 Å². The third-order valence-electron chi connectivity index (χ3n) is 5.36. The van der Waals surface area contributed by atoms with Gasteiger partial charge in [0, 0.05) is 18.7 Å². The lowest BCUT2D eigenvalue weighted by Gasteiger charge is -2.15. The van der Waals surface area contributed by atoms with Gasteiger partial charge in [-0.15, -0.1) is 0 Å². The maximum atomic E-state index is 10.5. The Bertz CT molecular complexity index is 856. The van der Waals surface area contributed by atoms with E-state index in [1.165, 1.54) is 44.8 Å². The molecule has 1 atom stereocenters. The molecular formula is C28H43N3O6. The van der Waals surface area contributed by atoms with Crippen molar-refractivity contribution in [2.24, 2.45) is 17.2 Å². The fraction of sp³-hybridized carbons (Fsp3) is 0.464. The second-order valence-corrected chi connectivity index (χ2v) is 8.56. The largest absolute Gasteiger partial charge is 0.480 e. The van der Waals surface area contributed by atoms with Crippen molar-refractivity contribution in [2.45, 2.75) is 63.5 Å². The minimum absolute atomic E-state index is 0.208. The molecule has 2 aromatic rings. The Balaban J connectivity index is 0.000000497. The monoisotopic (exact) mass is 517 g/mol. The van der Waals surface area contributed by atoms with Crippen molar-refractivity contribution < 1.29 is 29.3 Å². The lowest BCUT2D eigenvalue weighted by molar-refractivity contribution is -0.141. The Labute approximate surface area is 220 Å². The molecule has 1 aliphatic rings. The summed E-state index contributed by atoms with van der Waals surface area (Å²) in [6.45, 7) is 0.395. The molecule has 3 rings (SSSR count). The highest BCUT2D eigenvalue weighted by Gasteiger charge is 2.09. The molecule has 0 bridgehead atoms. The van der Waals surface area contributed by atoms with Gasteiger partial charge in [-0.05, 0) is 43.4 Å². The molecule has 0 aromatic heterocycles. The first-order valence-electron chi connectivity index (χ1n) is 12.5. The number of aldehydes is 1. The van der Waals surface area contributed by atoms with E-state index in [9.17, 15) is 14.4 Å². The van der Waals surface area contributed by atoms with E-state index in [1.807, 2.05) is 42.5 Å². The summed E-state index contributed by atoms with van der Waals surface area (Å²) in [4.78, 5) is 30.1. The number of methoxy groups -OCH3 is 1. The van der Waals surface area contributed by atoms with E-state index in [4.69, 9.17) is 27.4 Å². The highest BCUT2D eigenvalue weighted by Crippen LogP contribution is 2.18. The van der Waals surface area contributed by atoms with Gasteiger partial charge in [-0.2, -0.15) is 0 Å². The molecule has 0 unspecified atom stereocenters. The first kappa shape index (κ1) is 33.9. The SMILES string of the molecule is COCC(=O)O.NC1CCCCC1.NCCCC[C@H](N)C(=O)O.O=Cc1ccc(-c2ccccc2)cc1. The molecular weight excluding hydrogens is 474 g/mol. The Hall–Kier alpha value is -3.11. The van der Waals surface area contributed by atoms with Crippen LogP contribution in [0.2, 0.25) is 0 Å². The zero-order chi connectivity index (χ0) is 27.9. The molecule has 2 aromatic carbocycles. The van der Waals surface area contributed by atoms with Crippen LogP contribution in [0.4, 0.5) is 0 Å². The Morgan fingerprint density at radius 3 is 1.92 bits per heavy atom. The molecule has 8 N–H and O–H groups in total. The zero-order valence-corrected chi connectivity index (χ0v) is 21.8. The lowest BCUT2D eigenvalue weighted by atomic mass is 9.97. The van der Waals surface area contributed by atoms with Crippen LogP contribution in [0.15, 0.2) is 54.6 Å². The average Bonchev–Trinajstić information content (AvgIpc) is 2.91. The molecule has 0 amide bonds. The predicted octanol–water partition coefficient (Wildman–Crippen LogP) is 3.69. The first-order chi connectivity index (χ1) is 17.7. The summed E-state index contributed by atoms with van der Waals surface area (Å²) >= 11 is 0. The van der Waals surface area contributed by atoms with Crippen LogP contribution >= 0.6 is 0 Å². The number of hydrogen-bond acceptors (Lipinski definition) is 7. The summed E-state index contributed by atoms with van der Waals surface area (Å²) in [6.07, 6.45) is 9.68. The van der Waals surface area contributed by atoms with Crippen LogP contribution in [0.5, 0.6) is 0 Å². The van der Waals surface area contributed by atoms with Gasteiger partial charge in [0.05, 0.1) is 0 Å². The number of nitrogens with two attached hydrogens (primary N) is 3. The van der Waals surface area contributed by atoms with Crippen LogP contribution in [0.3, 0.4) is 0 Å². The van der Waals surface area contributed by atoms with Gasteiger partial charge in [-0.25, -0.2) is 4.79 Å². The van der Waals surface area contributed by atoms with Gasteiger partial charge in [-0.1, -0.05) is 80.3 Å². The smallest absolute Gasteiger partial charge is 0.329 e. The standard InChI is InChI=1S/C13H10O.C6H14N2O2.C6H13N.C3H6O3/c14-10-11-6-8-13(9-7-11)12-4-2-1-3-5-12;7-4-2-1-3-5(8)6(9)10;7-6-4-2-1-3-5-6;1-6-2-3(4)5/h1-10H;5H,1-4,7-8H2,(H,9,10);6H,1-5,7H2;2H2,1H3,(H,4,5)/t;5-;;/m.0../s1. The first-order valence-corrected chi connectivity index (χ1v) is 12.5. The predicted molar refractivity (Wildman–Crippen MR) is 146 cm³/mol. The Kier molecular flexibility index (Phi) is 20.3. The fourth-order valence-corrected chi connectivity index (χ4v) is 3.27. The number of ether oxygens (including phenoxy) is 1. The molecule has 9 heteroatoms. The number of rotatable bonds is 9. The van der Waals surface area contributed by atoms with Crippen molar-refractivity contribution in [3.8, 4) is 11.1 Å². The second-order valence-electron chi connectivity index (χ2n) is 8.56. The minimum atomic E-state index is -0.933. The minimum Gasteiger partial charge on any atom is -0.480 e. The van der Waals surface area contributed by atoms with Crippen LogP contribution in [0.1, 0.15) is 61.7 Å². The van der Waals surface area contributed by atoms with Gasteiger partial charge in [0.15, 0.2) is 0 Å². The number of aliphatic carboxylic acids is 2. The summed E-state index contributed by atoms with van der Waals surface area (Å²) < 4.78 is 4.20. The lowest BCUT2D eigenvalue weighted by Crippen LogP contribution is -2.29. The van der Waals surface area contributed by atoms with Gasteiger partial charge >= 0.3 is 11.9 Å². The van der Waals surface area contributed by atoms with Gasteiger partial charge in [0.1, 0.15) is 18.9 Å². The molecule has 1 saturated carbocycles. The quantitative estimate of drug-likeness (QED) is 0.245. The summed E-state index contributed by atoms with van der Waals surface area (Å²) in [5.41, 5.74) is 19.1. The highest BCUT2D eigenvalue weighted by atomic mass is 16.5. The third kappa shape index (κ3) is 18.8. The number of carboxylic acid groups (broad SMARTS) is 2. The molecule has 9 nitrogen and oxygen atoms in total. The molecule has 206 valence electrons. The van der Waals surface area contributed by atoms with Crippen molar-refractivity contribution in [1.29, 1.82) is 0 Å². The van der Waals surface area contributed by atoms with E-state index in [0.717, 1.165) is 24.7 Å². The molecule has 1 aliphatic carbocycles. The molecule has 0 saturated heterocycles. The third-order valence-corrected chi connectivity index (χ3v) is 5.36. The van der Waals surface area contributed by atoms with Crippen molar-refractivity contribution in [1.82, 2.24) is 0 Å². The van der Waals surface area contributed by atoms with E-state index in [0.29, 0.717) is 24.6 Å². The maximum Gasteiger partial charge on any atom is 0.329 e. The van der Waals surface area contributed by atoms with Crippen LogP contribution < -0.4 is 17.2 Å². The molecule has 0 spiro atoms. The zero-order valence-electron chi connectivity index (χ0n) is 21.8. The van der Waals surface area contributed by atoms with Crippen LogP contribution in [0, 0.1) is 0 Å². The number of carbonyl (C=O) groups excluding carboxylic acids is 1. The van der Waals surface area contributed by atoms with Crippen LogP contribution in [0.25, 0.3) is 11.1 Å². The Morgan fingerprint density at radius 2 is 1.54 bits per heavy atom. The van der Waals surface area contributed by atoms with Crippen molar-refractivity contribution in [3.63, 3.8) is 0 Å². The van der Waals surface area contributed by atoms with E-state index >= 15 is 0 Å². The average molecular weight is 518 g/mol. The molecule has 0 aliphatic heterocycles. The summed E-state index contributed by atoms with van der Waals surface area (Å²) in [5, 5.41) is 16.1. The van der Waals surface area contributed by atoms with E-state index in [-0.39, 0.29) is 6.61 Å². The van der Waals surface area contributed by atoms with Crippen molar-refractivity contribution >= 4 is 18.2 Å². The van der Waals surface area contributed by atoms with Gasteiger partial charge in [0.25, 0.3) is 0 Å². The van der Waals surface area contributed by atoms with Gasteiger partial charge in [0.2, 0.25) is 0 Å².